The van der Waals surface area contributed by atoms with Crippen LogP contribution in [0.1, 0.15) is 41.4 Å². The summed E-state index contributed by atoms with van der Waals surface area (Å²) in [6.45, 7) is 4.72. The van der Waals surface area contributed by atoms with E-state index in [1.54, 1.807) is 16.8 Å². The van der Waals surface area contributed by atoms with Crippen molar-refractivity contribution in [2.24, 2.45) is 5.92 Å². The van der Waals surface area contributed by atoms with E-state index >= 15 is 0 Å². The van der Waals surface area contributed by atoms with E-state index in [0.717, 1.165) is 22.3 Å². The number of hydrogen-bond acceptors (Lipinski definition) is 5. The van der Waals surface area contributed by atoms with Crippen LogP contribution >= 0.6 is 0 Å². The normalized spacial score (nSPS) is 19.3. The highest BCUT2D eigenvalue weighted by Gasteiger charge is 2.32. The molecule has 3 aromatic rings. The van der Waals surface area contributed by atoms with Gasteiger partial charge < -0.3 is 24.4 Å². The lowest BCUT2D eigenvalue weighted by atomic mass is 9.94. The molecular formula is C32H38N2O5. The van der Waals surface area contributed by atoms with Crippen LogP contribution in [0.25, 0.3) is 11.1 Å². The molecule has 4 rings (SSSR count). The van der Waals surface area contributed by atoms with Gasteiger partial charge in [0.05, 0.1) is 25.4 Å². The van der Waals surface area contributed by atoms with Gasteiger partial charge in [0.25, 0.3) is 11.8 Å². The van der Waals surface area contributed by atoms with Crippen molar-refractivity contribution >= 4 is 11.8 Å². The smallest absolute Gasteiger partial charge is 0.256 e. The summed E-state index contributed by atoms with van der Waals surface area (Å²) in [5, 5.41) is 10.0. The highest BCUT2D eigenvalue weighted by molar-refractivity contribution is 6.01. The van der Waals surface area contributed by atoms with Crippen molar-refractivity contribution in [1.82, 2.24) is 9.80 Å². The number of carbonyl (C=O) groups excluding carboxylic acids is 2. The van der Waals surface area contributed by atoms with Crippen molar-refractivity contribution in [2.75, 3.05) is 33.9 Å². The summed E-state index contributed by atoms with van der Waals surface area (Å²) in [5.74, 6) is -0.436. The van der Waals surface area contributed by atoms with Crippen LogP contribution in [0.3, 0.4) is 0 Å². The minimum Gasteiger partial charge on any atom is -0.394 e. The first kappa shape index (κ1) is 28.5. The third-order valence-electron chi connectivity index (χ3n) is 7.49. The Balaban J connectivity index is 1.68. The van der Waals surface area contributed by atoms with E-state index in [9.17, 15) is 14.7 Å². The summed E-state index contributed by atoms with van der Waals surface area (Å²) in [6, 6.07) is 24.5. The molecule has 0 unspecified atom stereocenters. The average Bonchev–Trinajstić information content (AvgIpc) is 2.99. The molecule has 0 saturated heterocycles. The van der Waals surface area contributed by atoms with Crippen LogP contribution < -0.4 is 0 Å². The SMILES string of the molecule is CO[C@H](C(=O)N(C)C[C@@H]1OCc2ccccc2-c2ccccc2C(=O)N([C@H](C)CO)C[C@H]1C)c1ccccc1. The number of aliphatic hydroxyl groups is 1. The van der Waals surface area contributed by atoms with Gasteiger partial charge in [0, 0.05) is 38.7 Å². The third-order valence-corrected chi connectivity index (χ3v) is 7.49. The molecule has 1 aliphatic rings. The van der Waals surface area contributed by atoms with Gasteiger partial charge in [-0.2, -0.15) is 0 Å². The van der Waals surface area contributed by atoms with Crippen LogP contribution in [0.5, 0.6) is 0 Å². The Morgan fingerprint density at radius 3 is 2.31 bits per heavy atom. The summed E-state index contributed by atoms with van der Waals surface area (Å²) < 4.78 is 12.1. The Morgan fingerprint density at radius 1 is 1.03 bits per heavy atom. The molecule has 0 spiro atoms. The Labute approximate surface area is 231 Å². The largest absolute Gasteiger partial charge is 0.394 e. The average molecular weight is 531 g/mol. The van der Waals surface area contributed by atoms with Gasteiger partial charge in [-0.25, -0.2) is 0 Å². The highest BCUT2D eigenvalue weighted by Crippen LogP contribution is 2.31. The second-order valence-electron chi connectivity index (χ2n) is 10.3. The van der Waals surface area contributed by atoms with Crippen LogP contribution in [-0.2, 0) is 20.9 Å². The number of carbonyl (C=O) groups is 2. The molecular weight excluding hydrogens is 492 g/mol. The number of rotatable bonds is 7. The lowest BCUT2D eigenvalue weighted by Crippen LogP contribution is -2.48. The maximum absolute atomic E-state index is 13.9. The van der Waals surface area contributed by atoms with Gasteiger partial charge in [-0.3, -0.25) is 9.59 Å². The van der Waals surface area contributed by atoms with E-state index in [1.807, 2.05) is 92.7 Å². The first-order chi connectivity index (χ1) is 18.8. The van der Waals surface area contributed by atoms with Crippen molar-refractivity contribution in [3.8, 4) is 11.1 Å². The van der Waals surface area contributed by atoms with Gasteiger partial charge >= 0.3 is 0 Å². The Bertz CT molecular complexity index is 1260. The van der Waals surface area contributed by atoms with Gasteiger partial charge in [0.15, 0.2) is 6.10 Å². The van der Waals surface area contributed by atoms with Gasteiger partial charge in [0.1, 0.15) is 0 Å². The molecule has 0 saturated carbocycles. The lowest BCUT2D eigenvalue weighted by Gasteiger charge is -2.35. The zero-order chi connectivity index (χ0) is 27.9. The molecule has 0 bridgehead atoms. The molecule has 7 heteroatoms. The summed E-state index contributed by atoms with van der Waals surface area (Å²) in [4.78, 5) is 30.8. The Kier molecular flexibility index (Phi) is 9.51. The molecule has 0 aliphatic carbocycles. The van der Waals surface area contributed by atoms with E-state index in [0.29, 0.717) is 25.3 Å². The van der Waals surface area contributed by atoms with Crippen LogP contribution in [0, 0.1) is 5.92 Å². The lowest BCUT2D eigenvalue weighted by molar-refractivity contribution is -0.143. The van der Waals surface area contributed by atoms with Crippen molar-refractivity contribution in [1.29, 1.82) is 0 Å². The van der Waals surface area contributed by atoms with Gasteiger partial charge in [-0.15, -0.1) is 0 Å². The molecule has 3 aromatic carbocycles. The number of methoxy groups -OCH3 is 1. The fourth-order valence-electron chi connectivity index (χ4n) is 5.12. The number of likely N-dealkylation sites (N-methyl/N-ethyl adjacent to an activating group) is 1. The van der Waals surface area contributed by atoms with Crippen molar-refractivity contribution < 1.29 is 24.2 Å². The number of amides is 2. The summed E-state index contributed by atoms with van der Waals surface area (Å²) in [5.41, 5.74) is 4.11. The third kappa shape index (κ3) is 6.38. The second-order valence-corrected chi connectivity index (χ2v) is 10.3. The van der Waals surface area contributed by atoms with E-state index in [2.05, 4.69) is 0 Å². The molecule has 1 aliphatic heterocycles. The maximum atomic E-state index is 13.9. The number of benzene rings is 3. The first-order valence-corrected chi connectivity index (χ1v) is 13.4. The van der Waals surface area contributed by atoms with E-state index in [-0.39, 0.29) is 36.5 Å². The number of aliphatic hydroxyl groups excluding tert-OH is 1. The molecule has 1 heterocycles. The standard InChI is InChI=1S/C32H38N2O5/c1-22-18-34(23(2)20-35)31(36)28-17-11-10-16-27(28)26-15-9-8-14-25(26)21-39-29(22)19-33(3)32(37)30(38-4)24-12-6-5-7-13-24/h5-17,22-23,29-30,35H,18-21H2,1-4H3/t22-,23-,29+,30+/m1/s1. The van der Waals surface area contributed by atoms with Crippen molar-refractivity contribution in [3.63, 3.8) is 0 Å². The van der Waals surface area contributed by atoms with Gasteiger partial charge in [0.2, 0.25) is 0 Å². The number of fused-ring (bicyclic) bond motifs is 3. The monoisotopic (exact) mass is 530 g/mol. The molecule has 1 N–H and O–H groups in total. The van der Waals surface area contributed by atoms with Crippen molar-refractivity contribution in [3.05, 3.63) is 95.6 Å². The predicted molar refractivity (Wildman–Crippen MR) is 151 cm³/mol. The van der Waals surface area contributed by atoms with E-state index in [4.69, 9.17) is 9.47 Å². The minimum absolute atomic E-state index is 0.131. The fourth-order valence-corrected chi connectivity index (χ4v) is 5.12. The minimum atomic E-state index is -0.725. The molecule has 206 valence electrons. The van der Waals surface area contributed by atoms with Crippen LogP contribution in [-0.4, -0.2) is 72.7 Å². The predicted octanol–water partition coefficient (Wildman–Crippen LogP) is 4.56. The maximum Gasteiger partial charge on any atom is 0.256 e. The van der Waals surface area contributed by atoms with Crippen LogP contribution in [0.15, 0.2) is 78.9 Å². The molecule has 4 atom stereocenters. The van der Waals surface area contributed by atoms with Gasteiger partial charge in [-0.1, -0.05) is 79.7 Å². The van der Waals surface area contributed by atoms with Crippen LogP contribution in [0.2, 0.25) is 0 Å². The quantitative estimate of drug-likeness (QED) is 0.485. The fraction of sp³-hybridized carbons (Fsp3) is 0.375. The zero-order valence-electron chi connectivity index (χ0n) is 23.1. The summed E-state index contributed by atoms with van der Waals surface area (Å²) in [6.07, 6.45) is -1.10. The number of hydrogen-bond donors (Lipinski definition) is 1. The summed E-state index contributed by atoms with van der Waals surface area (Å²) >= 11 is 0. The molecule has 2 amide bonds. The number of nitrogens with zero attached hydrogens (tertiary/aromatic N) is 2. The second kappa shape index (κ2) is 13.0. The van der Waals surface area contributed by atoms with Crippen LogP contribution in [0.4, 0.5) is 0 Å². The topological polar surface area (TPSA) is 79.3 Å². The Morgan fingerprint density at radius 2 is 1.64 bits per heavy atom. The Hall–Kier alpha value is -3.52. The summed E-state index contributed by atoms with van der Waals surface area (Å²) in [7, 11) is 3.28. The van der Waals surface area contributed by atoms with E-state index < -0.39 is 6.10 Å². The highest BCUT2D eigenvalue weighted by atomic mass is 16.5. The van der Waals surface area contributed by atoms with Crippen molar-refractivity contribution in [2.45, 2.75) is 38.7 Å². The van der Waals surface area contributed by atoms with Gasteiger partial charge in [-0.05, 0) is 35.2 Å². The molecule has 0 fully saturated rings. The molecule has 0 radical (unpaired) electrons. The molecule has 7 nitrogen and oxygen atoms in total. The molecule has 39 heavy (non-hydrogen) atoms. The first-order valence-electron chi connectivity index (χ1n) is 13.4. The van der Waals surface area contributed by atoms with E-state index in [1.165, 1.54) is 7.11 Å². The zero-order valence-corrected chi connectivity index (χ0v) is 23.1. The molecule has 0 aromatic heterocycles. The number of ether oxygens (including phenoxy) is 2.